The van der Waals surface area contributed by atoms with Gasteiger partial charge in [0.05, 0.1) is 17.4 Å². The van der Waals surface area contributed by atoms with Gasteiger partial charge in [0.25, 0.3) is 5.91 Å². The van der Waals surface area contributed by atoms with Crippen LogP contribution in [0, 0.1) is 0 Å². The third-order valence-electron chi connectivity index (χ3n) is 4.02. The van der Waals surface area contributed by atoms with Crippen molar-refractivity contribution in [3.63, 3.8) is 0 Å². The SMILES string of the molecule is CC(C)NC(=O)c1cncc(N2CCN(c3ccccn3)CC2)c1. The number of piperazine rings is 1. The standard InChI is InChI=1S/C18H23N5O/c1-14(2)21-18(24)15-11-16(13-19-12-15)22-7-9-23(10-8-22)17-5-3-4-6-20-17/h3-6,11-14H,7-10H2,1-2H3,(H,21,24). The van der Waals surface area contributed by atoms with Gasteiger partial charge in [0, 0.05) is 44.6 Å². The molecule has 0 radical (unpaired) electrons. The first-order valence-corrected chi connectivity index (χ1v) is 8.30. The lowest BCUT2D eigenvalue weighted by Gasteiger charge is -2.36. The van der Waals surface area contributed by atoms with E-state index in [1.54, 1.807) is 6.20 Å². The molecule has 1 saturated heterocycles. The van der Waals surface area contributed by atoms with Gasteiger partial charge >= 0.3 is 0 Å². The summed E-state index contributed by atoms with van der Waals surface area (Å²) in [4.78, 5) is 25.3. The number of hydrogen-bond acceptors (Lipinski definition) is 5. The van der Waals surface area contributed by atoms with Crippen LogP contribution in [-0.2, 0) is 0 Å². The maximum absolute atomic E-state index is 12.1. The highest BCUT2D eigenvalue weighted by Crippen LogP contribution is 2.19. The van der Waals surface area contributed by atoms with E-state index in [0.717, 1.165) is 37.7 Å². The van der Waals surface area contributed by atoms with Crippen molar-refractivity contribution in [3.05, 3.63) is 48.4 Å². The van der Waals surface area contributed by atoms with Crippen molar-refractivity contribution >= 4 is 17.4 Å². The molecular weight excluding hydrogens is 302 g/mol. The molecule has 1 aliphatic rings. The minimum Gasteiger partial charge on any atom is -0.367 e. The molecule has 1 fully saturated rings. The highest BCUT2D eigenvalue weighted by Gasteiger charge is 2.19. The largest absolute Gasteiger partial charge is 0.367 e. The molecule has 3 rings (SSSR count). The Morgan fingerprint density at radius 2 is 1.88 bits per heavy atom. The Kier molecular flexibility index (Phi) is 4.93. The summed E-state index contributed by atoms with van der Waals surface area (Å²) in [6, 6.07) is 8.01. The first-order valence-electron chi connectivity index (χ1n) is 8.30. The second-order valence-electron chi connectivity index (χ2n) is 6.22. The molecule has 0 aromatic carbocycles. The van der Waals surface area contributed by atoms with E-state index in [1.807, 2.05) is 50.5 Å². The number of rotatable bonds is 4. The molecule has 0 unspecified atom stereocenters. The average molecular weight is 325 g/mol. The van der Waals surface area contributed by atoms with Gasteiger partial charge in [-0.15, -0.1) is 0 Å². The zero-order valence-electron chi connectivity index (χ0n) is 14.1. The Hall–Kier alpha value is -2.63. The summed E-state index contributed by atoms with van der Waals surface area (Å²) in [5, 5.41) is 2.90. The molecule has 24 heavy (non-hydrogen) atoms. The zero-order chi connectivity index (χ0) is 16.9. The highest BCUT2D eigenvalue weighted by molar-refractivity contribution is 5.94. The van der Waals surface area contributed by atoms with E-state index >= 15 is 0 Å². The maximum atomic E-state index is 12.1. The molecule has 2 aromatic rings. The molecule has 1 amide bonds. The molecule has 0 bridgehead atoms. The Balaban J connectivity index is 1.65. The van der Waals surface area contributed by atoms with E-state index in [9.17, 15) is 4.79 Å². The summed E-state index contributed by atoms with van der Waals surface area (Å²) in [5.74, 6) is 0.937. The van der Waals surface area contributed by atoms with E-state index in [-0.39, 0.29) is 11.9 Å². The number of nitrogens with one attached hydrogen (secondary N) is 1. The Morgan fingerprint density at radius 3 is 2.54 bits per heavy atom. The van der Waals surface area contributed by atoms with Crippen molar-refractivity contribution in [2.45, 2.75) is 19.9 Å². The lowest BCUT2D eigenvalue weighted by atomic mass is 10.2. The molecule has 0 atom stereocenters. The van der Waals surface area contributed by atoms with Crippen LogP contribution in [0.2, 0.25) is 0 Å². The minimum atomic E-state index is -0.0773. The first-order chi connectivity index (χ1) is 11.6. The van der Waals surface area contributed by atoms with Crippen molar-refractivity contribution in [3.8, 4) is 0 Å². The molecule has 0 aliphatic carbocycles. The van der Waals surface area contributed by atoms with E-state index in [2.05, 4.69) is 25.1 Å². The molecule has 0 spiro atoms. The number of pyridine rings is 2. The number of amides is 1. The van der Waals surface area contributed by atoms with E-state index < -0.39 is 0 Å². The van der Waals surface area contributed by atoms with Gasteiger partial charge in [-0.2, -0.15) is 0 Å². The second kappa shape index (κ2) is 7.29. The van der Waals surface area contributed by atoms with Crippen LogP contribution in [0.3, 0.4) is 0 Å². The number of carbonyl (C=O) groups excluding carboxylic acids is 1. The van der Waals surface area contributed by atoms with Gasteiger partial charge < -0.3 is 15.1 Å². The van der Waals surface area contributed by atoms with Crippen LogP contribution in [0.15, 0.2) is 42.9 Å². The Labute approximate surface area is 142 Å². The van der Waals surface area contributed by atoms with E-state index in [0.29, 0.717) is 5.56 Å². The van der Waals surface area contributed by atoms with Crippen molar-refractivity contribution in [2.75, 3.05) is 36.0 Å². The number of carbonyl (C=O) groups is 1. The monoisotopic (exact) mass is 325 g/mol. The third kappa shape index (κ3) is 3.82. The summed E-state index contributed by atoms with van der Waals surface area (Å²) in [6.45, 7) is 7.47. The molecular formula is C18H23N5O. The summed E-state index contributed by atoms with van der Waals surface area (Å²) >= 11 is 0. The van der Waals surface area contributed by atoms with Crippen molar-refractivity contribution < 1.29 is 4.79 Å². The Morgan fingerprint density at radius 1 is 1.12 bits per heavy atom. The predicted octanol–water partition coefficient (Wildman–Crippen LogP) is 1.94. The van der Waals surface area contributed by atoms with Crippen molar-refractivity contribution in [1.82, 2.24) is 15.3 Å². The van der Waals surface area contributed by atoms with Gasteiger partial charge in [-0.25, -0.2) is 4.98 Å². The van der Waals surface area contributed by atoms with Crippen LogP contribution >= 0.6 is 0 Å². The van der Waals surface area contributed by atoms with Gasteiger partial charge in [-0.3, -0.25) is 9.78 Å². The van der Waals surface area contributed by atoms with Crippen molar-refractivity contribution in [1.29, 1.82) is 0 Å². The quantitative estimate of drug-likeness (QED) is 0.931. The van der Waals surface area contributed by atoms with Crippen LogP contribution < -0.4 is 15.1 Å². The highest BCUT2D eigenvalue weighted by atomic mass is 16.1. The predicted molar refractivity (Wildman–Crippen MR) is 95.5 cm³/mol. The summed E-state index contributed by atoms with van der Waals surface area (Å²) < 4.78 is 0. The molecule has 0 saturated carbocycles. The van der Waals surface area contributed by atoms with Crippen LogP contribution in [0.5, 0.6) is 0 Å². The number of anilines is 2. The molecule has 2 aromatic heterocycles. The first kappa shape index (κ1) is 16.2. The van der Waals surface area contributed by atoms with E-state index in [4.69, 9.17) is 0 Å². The van der Waals surface area contributed by atoms with Crippen LogP contribution in [-0.4, -0.2) is 48.1 Å². The van der Waals surface area contributed by atoms with Gasteiger partial charge in [-0.1, -0.05) is 6.07 Å². The van der Waals surface area contributed by atoms with Crippen LogP contribution in [0.4, 0.5) is 11.5 Å². The third-order valence-corrected chi connectivity index (χ3v) is 4.02. The van der Waals surface area contributed by atoms with Crippen molar-refractivity contribution in [2.24, 2.45) is 0 Å². The van der Waals surface area contributed by atoms with Gasteiger partial charge in [-0.05, 0) is 32.0 Å². The summed E-state index contributed by atoms with van der Waals surface area (Å²) in [7, 11) is 0. The number of nitrogens with zero attached hydrogens (tertiary/aromatic N) is 4. The molecule has 6 heteroatoms. The van der Waals surface area contributed by atoms with Gasteiger partial charge in [0.1, 0.15) is 5.82 Å². The van der Waals surface area contributed by atoms with Gasteiger partial charge in [0.2, 0.25) is 0 Å². The normalized spacial score (nSPS) is 14.8. The number of aromatic nitrogens is 2. The van der Waals surface area contributed by atoms with Crippen LogP contribution in [0.25, 0.3) is 0 Å². The molecule has 6 nitrogen and oxygen atoms in total. The van der Waals surface area contributed by atoms with Crippen LogP contribution in [0.1, 0.15) is 24.2 Å². The smallest absolute Gasteiger partial charge is 0.253 e. The fourth-order valence-electron chi connectivity index (χ4n) is 2.80. The number of hydrogen-bond donors (Lipinski definition) is 1. The molecule has 126 valence electrons. The summed E-state index contributed by atoms with van der Waals surface area (Å²) in [5.41, 5.74) is 1.60. The second-order valence-corrected chi connectivity index (χ2v) is 6.22. The lowest BCUT2D eigenvalue weighted by molar-refractivity contribution is 0.0943. The summed E-state index contributed by atoms with van der Waals surface area (Å²) in [6.07, 6.45) is 5.26. The average Bonchev–Trinajstić information content (AvgIpc) is 2.62. The molecule has 1 aliphatic heterocycles. The topological polar surface area (TPSA) is 61.4 Å². The van der Waals surface area contributed by atoms with E-state index in [1.165, 1.54) is 0 Å². The maximum Gasteiger partial charge on any atom is 0.253 e. The molecule has 3 heterocycles. The Bertz CT molecular complexity index is 681. The fourth-order valence-corrected chi connectivity index (χ4v) is 2.80. The fraction of sp³-hybridized carbons (Fsp3) is 0.389. The van der Waals surface area contributed by atoms with Gasteiger partial charge in [0.15, 0.2) is 0 Å². The molecule has 1 N–H and O–H groups in total. The minimum absolute atomic E-state index is 0.0773. The lowest BCUT2D eigenvalue weighted by Crippen LogP contribution is -2.47. The zero-order valence-corrected chi connectivity index (χ0v) is 14.1.